The highest BCUT2D eigenvalue weighted by molar-refractivity contribution is 7.98. The van der Waals surface area contributed by atoms with Crippen molar-refractivity contribution in [3.63, 3.8) is 0 Å². The Hall–Kier alpha value is -0.560. The highest BCUT2D eigenvalue weighted by atomic mass is 32.2. The highest BCUT2D eigenvalue weighted by Crippen LogP contribution is 2.31. The van der Waals surface area contributed by atoms with Crippen LogP contribution in [0.15, 0.2) is 6.07 Å². The van der Waals surface area contributed by atoms with Crippen LogP contribution < -0.4 is 10.6 Å². The number of hydrogen-bond acceptors (Lipinski definition) is 5. The number of carbonyl (C=O) groups excluding carboxylic acids is 1. The van der Waals surface area contributed by atoms with Gasteiger partial charge in [-0.15, -0.1) is 11.3 Å². The zero-order valence-electron chi connectivity index (χ0n) is 11.1. The number of thiophene rings is 1. The zero-order valence-corrected chi connectivity index (χ0v) is 12.7. The lowest BCUT2D eigenvalue weighted by atomic mass is 10.2. The summed E-state index contributed by atoms with van der Waals surface area (Å²) < 4.78 is 0. The molecule has 0 fully saturated rings. The Morgan fingerprint density at radius 3 is 3.11 bits per heavy atom. The molecule has 0 spiro atoms. The Kier molecular flexibility index (Phi) is 5.69. The minimum absolute atomic E-state index is 0.0169. The van der Waals surface area contributed by atoms with Gasteiger partial charge in [0.1, 0.15) is 0 Å². The molecule has 1 aliphatic heterocycles. The van der Waals surface area contributed by atoms with Gasteiger partial charge in [-0.2, -0.15) is 11.8 Å². The molecule has 4 nitrogen and oxygen atoms in total. The van der Waals surface area contributed by atoms with Crippen LogP contribution in [0.25, 0.3) is 0 Å². The maximum atomic E-state index is 12.0. The molecule has 1 unspecified atom stereocenters. The number of carbonyl (C=O) groups is 1. The summed E-state index contributed by atoms with van der Waals surface area (Å²) in [7, 11) is 0. The van der Waals surface area contributed by atoms with Crippen molar-refractivity contribution in [2.24, 2.45) is 0 Å². The van der Waals surface area contributed by atoms with Crippen molar-refractivity contribution in [3.8, 4) is 0 Å². The van der Waals surface area contributed by atoms with Gasteiger partial charge < -0.3 is 15.7 Å². The van der Waals surface area contributed by atoms with E-state index >= 15 is 0 Å². The molecule has 2 heterocycles. The summed E-state index contributed by atoms with van der Waals surface area (Å²) in [5, 5.41) is 15.1. The smallest absolute Gasteiger partial charge is 0.261 e. The third-order valence-electron chi connectivity index (χ3n) is 2.88. The van der Waals surface area contributed by atoms with Gasteiger partial charge in [0.2, 0.25) is 0 Å². The SMILES string of the molecule is CC(O)CNCCNC(=O)c1cc2c(s1)CCSC2. The van der Waals surface area contributed by atoms with E-state index in [1.807, 2.05) is 17.8 Å². The predicted octanol–water partition coefficient (Wildman–Crippen LogP) is 1.24. The lowest BCUT2D eigenvalue weighted by Gasteiger charge is -2.08. The van der Waals surface area contributed by atoms with Gasteiger partial charge in [0.15, 0.2) is 0 Å². The van der Waals surface area contributed by atoms with Gasteiger partial charge in [-0.05, 0) is 30.7 Å². The molecule has 1 aliphatic rings. The van der Waals surface area contributed by atoms with Gasteiger partial charge in [0.05, 0.1) is 11.0 Å². The number of aliphatic hydroxyl groups is 1. The first-order valence-corrected chi connectivity index (χ1v) is 8.50. The van der Waals surface area contributed by atoms with Crippen molar-refractivity contribution in [1.82, 2.24) is 10.6 Å². The minimum atomic E-state index is -0.350. The van der Waals surface area contributed by atoms with E-state index in [1.54, 1.807) is 18.3 Å². The van der Waals surface area contributed by atoms with E-state index in [0.717, 1.165) is 22.8 Å². The van der Waals surface area contributed by atoms with Crippen LogP contribution in [-0.2, 0) is 12.2 Å². The highest BCUT2D eigenvalue weighted by Gasteiger charge is 2.16. The number of aryl methyl sites for hydroxylation is 1. The fraction of sp³-hybridized carbons (Fsp3) is 0.615. The van der Waals surface area contributed by atoms with Crippen molar-refractivity contribution < 1.29 is 9.90 Å². The summed E-state index contributed by atoms with van der Waals surface area (Å²) in [4.78, 5) is 14.2. The van der Waals surface area contributed by atoms with Crippen LogP contribution >= 0.6 is 23.1 Å². The van der Waals surface area contributed by atoms with E-state index < -0.39 is 0 Å². The number of aliphatic hydroxyl groups excluding tert-OH is 1. The minimum Gasteiger partial charge on any atom is -0.392 e. The van der Waals surface area contributed by atoms with Crippen molar-refractivity contribution in [2.45, 2.75) is 25.2 Å². The molecule has 106 valence electrons. The van der Waals surface area contributed by atoms with Crippen LogP contribution in [0, 0.1) is 0 Å². The molecular weight excluding hydrogens is 280 g/mol. The molecule has 0 saturated heterocycles. The number of fused-ring (bicyclic) bond motifs is 1. The van der Waals surface area contributed by atoms with Gasteiger partial charge in [0.25, 0.3) is 5.91 Å². The second-order valence-electron chi connectivity index (χ2n) is 4.67. The van der Waals surface area contributed by atoms with E-state index in [4.69, 9.17) is 5.11 Å². The Labute approximate surface area is 122 Å². The van der Waals surface area contributed by atoms with E-state index in [9.17, 15) is 4.79 Å². The maximum absolute atomic E-state index is 12.0. The third kappa shape index (κ3) is 4.49. The summed E-state index contributed by atoms with van der Waals surface area (Å²) in [6, 6.07) is 2.03. The molecule has 1 amide bonds. The zero-order chi connectivity index (χ0) is 13.7. The molecule has 0 radical (unpaired) electrons. The molecule has 2 rings (SSSR count). The Morgan fingerprint density at radius 1 is 1.53 bits per heavy atom. The van der Waals surface area contributed by atoms with Crippen molar-refractivity contribution in [3.05, 3.63) is 21.4 Å². The first kappa shape index (κ1) is 14.8. The average Bonchev–Trinajstić information content (AvgIpc) is 2.81. The number of amides is 1. The largest absolute Gasteiger partial charge is 0.392 e. The lowest BCUT2D eigenvalue weighted by molar-refractivity contribution is 0.0957. The fourth-order valence-electron chi connectivity index (χ4n) is 1.92. The second kappa shape index (κ2) is 7.28. The Balaban J connectivity index is 1.75. The first-order chi connectivity index (χ1) is 9.16. The molecule has 1 aromatic heterocycles. The number of hydrogen-bond donors (Lipinski definition) is 3. The van der Waals surface area contributed by atoms with Crippen molar-refractivity contribution in [2.75, 3.05) is 25.4 Å². The number of nitrogens with one attached hydrogen (secondary N) is 2. The topological polar surface area (TPSA) is 61.4 Å². The van der Waals surface area contributed by atoms with E-state index in [2.05, 4.69) is 10.6 Å². The Bertz CT molecular complexity index is 409. The van der Waals surface area contributed by atoms with Gasteiger partial charge in [-0.3, -0.25) is 4.79 Å². The molecule has 0 aliphatic carbocycles. The molecule has 0 bridgehead atoms. The summed E-state index contributed by atoms with van der Waals surface area (Å²) >= 11 is 3.56. The number of thioether (sulfide) groups is 1. The van der Waals surface area contributed by atoms with E-state index in [-0.39, 0.29) is 12.0 Å². The van der Waals surface area contributed by atoms with Crippen molar-refractivity contribution in [1.29, 1.82) is 0 Å². The van der Waals surface area contributed by atoms with Crippen LogP contribution in [-0.4, -0.2) is 42.5 Å². The van der Waals surface area contributed by atoms with Gasteiger partial charge >= 0.3 is 0 Å². The summed E-state index contributed by atoms with van der Waals surface area (Å²) in [6.45, 7) is 3.56. The van der Waals surface area contributed by atoms with Gasteiger partial charge in [-0.1, -0.05) is 0 Å². The molecular formula is C13H20N2O2S2. The van der Waals surface area contributed by atoms with Crippen LogP contribution in [0.5, 0.6) is 0 Å². The first-order valence-electron chi connectivity index (χ1n) is 6.53. The molecule has 3 N–H and O–H groups in total. The lowest BCUT2D eigenvalue weighted by Crippen LogP contribution is -2.34. The number of rotatable bonds is 6. The standard InChI is InChI=1S/C13H20N2O2S2/c1-9(16)7-14-3-4-15-13(17)12-6-10-8-18-5-2-11(10)19-12/h6,9,14,16H,2-5,7-8H2,1H3,(H,15,17). The summed E-state index contributed by atoms with van der Waals surface area (Å²) in [5.74, 6) is 2.22. The second-order valence-corrected chi connectivity index (χ2v) is 6.91. The maximum Gasteiger partial charge on any atom is 0.261 e. The van der Waals surface area contributed by atoms with E-state index in [1.165, 1.54) is 10.4 Å². The molecule has 1 aromatic rings. The predicted molar refractivity (Wildman–Crippen MR) is 81.1 cm³/mol. The monoisotopic (exact) mass is 300 g/mol. The van der Waals surface area contributed by atoms with Crippen LogP contribution in [0.3, 0.4) is 0 Å². The fourth-order valence-corrected chi connectivity index (χ4v) is 4.21. The van der Waals surface area contributed by atoms with Crippen LogP contribution in [0.4, 0.5) is 0 Å². The Morgan fingerprint density at radius 2 is 2.37 bits per heavy atom. The molecule has 1 atom stereocenters. The van der Waals surface area contributed by atoms with E-state index in [0.29, 0.717) is 19.6 Å². The average molecular weight is 300 g/mol. The normalized spacial score (nSPS) is 15.9. The van der Waals surface area contributed by atoms with Crippen LogP contribution in [0.2, 0.25) is 0 Å². The quantitative estimate of drug-likeness (QED) is 0.692. The summed E-state index contributed by atoms with van der Waals surface area (Å²) in [5.41, 5.74) is 1.33. The molecule has 6 heteroatoms. The molecule has 0 saturated carbocycles. The third-order valence-corrected chi connectivity index (χ3v) is 5.12. The summed E-state index contributed by atoms with van der Waals surface area (Å²) in [6.07, 6.45) is 0.741. The van der Waals surface area contributed by atoms with Gasteiger partial charge in [-0.25, -0.2) is 0 Å². The van der Waals surface area contributed by atoms with Crippen LogP contribution in [0.1, 0.15) is 27.0 Å². The molecule has 0 aromatic carbocycles. The van der Waals surface area contributed by atoms with Crippen molar-refractivity contribution >= 4 is 29.0 Å². The van der Waals surface area contributed by atoms with Gasteiger partial charge in [0, 0.05) is 30.3 Å². The molecule has 19 heavy (non-hydrogen) atoms.